The van der Waals surface area contributed by atoms with Gasteiger partial charge in [0.1, 0.15) is 5.82 Å². The molecule has 1 aliphatic heterocycles. The summed E-state index contributed by atoms with van der Waals surface area (Å²) in [5.41, 5.74) is -0.727. The van der Waals surface area contributed by atoms with Crippen LogP contribution < -0.4 is 0 Å². The van der Waals surface area contributed by atoms with Crippen LogP contribution in [0.15, 0.2) is 24.3 Å². The third kappa shape index (κ3) is 3.71. The maximum absolute atomic E-state index is 13.8. The predicted octanol–water partition coefficient (Wildman–Crippen LogP) is 2.57. The molecule has 3 rings (SSSR count). The first-order valence-electron chi connectivity index (χ1n) is 7.75. The summed E-state index contributed by atoms with van der Waals surface area (Å²) in [5.74, 6) is -0.318. The molecule has 0 bridgehead atoms. The fraction of sp³-hybridized carbons (Fsp3) is 0.471. The Morgan fingerprint density at radius 3 is 2.61 bits per heavy atom. The van der Waals surface area contributed by atoms with E-state index in [4.69, 9.17) is 0 Å². The number of hydrogen-bond donors (Lipinski definition) is 1. The summed E-state index contributed by atoms with van der Waals surface area (Å²) in [6.07, 6.45) is 0. The number of thiophene rings is 1. The monoisotopic (exact) mass is 336 g/mol. The number of β-amino-alcohol motifs (C(OH)–C–C–N with tert-alkyl or cyclic N) is 1. The first-order valence-corrected chi connectivity index (χ1v) is 8.57. The minimum atomic E-state index is -0.727. The van der Waals surface area contributed by atoms with E-state index in [2.05, 4.69) is 4.90 Å². The number of nitrogens with zero attached hydrogens (tertiary/aromatic N) is 2. The van der Waals surface area contributed by atoms with Crippen molar-refractivity contribution in [1.82, 2.24) is 9.80 Å². The van der Waals surface area contributed by atoms with E-state index in [1.807, 2.05) is 11.0 Å². The van der Waals surface area contributed by atoms with E-state index in [1.165, 1.54) is 17.4 Å². The zero-order valence-corrected chi connectivity index (χ0v) is 14.2. The Morgan fingerprint density at radius 2 is 2.00 bits per heavy atom. The van der Waals surface area contributed by atoms with Gasteiger partial charge in [-0.25, -0.2) is 4.39 Å². The molecule has 124 valence electrons. The number of benzene rings is 1. The van der Waals surface area contributed by atoms with E-state index in [9.17, 15) is 14.3 Å². The van der Waals surface area contributed by atoms with Crippen molar-refractivity contribution in [2.45, 2.75) is 19.4 Å². The summed E-state index contributed by atoms with van der Waals surface area (Å²) in [5, 5.41) is 10.4. The highest BCUT2D eigenvalue weighted by Crippen LogP contribution is 2.28. The zero-order valence-electron chi connectivity index (χ0n) is 13.4. The molecule has 2 heterocycles. The molecule has 1 fully saturated rings. The number of halogens is 1. The molecule has 0 spiro atoms. The number of amides is 1. The van der Waals surface area contributed by atoms with Crippen molar-refractivity contribution in [3.63, 3.8) is 0 Å². The number of aliphatic hydroxyl groups is 1. The van der Waals surface area contributed by atoms with Gasteiger partial charge >= 0.3 is 0 Å². The van der Waals surface area contributed by atoms with Gasteiger partial charge in [0.2, 0.25) is 0 Å². The largest absolute Gasteiger partial charge is 0.389 e. The summed E-state index contributed by atoms with van der Waals surface area (Å²) in [4.78, 5) is 17.2. The van der Waals surface area contributed by atoms with Crippen molar-refractivity contribution in [3.05, 3.63) is 35.0 Å². The van der Waals surface area contributed by atoms with Crippen LogP contribution in [0, 0.1) is 5.82 Å². The van der Waals surface area contributed by atoms with Gasteiger partial charge in [-0.05, 0) is 32.0 Å². The van der Waals surface area contributed by atoms with Crippen LogP contribution in [0.2, 0.25) is 0 Å². The van der Waals surface area contributed by atoms with E-state index in [1.54, 1.807) is 26.0 Å². The SMILES string of the molecule is CC(C)(O)CN1CCN(C(=O)c2cc3c(F)cccc3s2)CC1. The molecular formula is C17H21FN2O2S. The molecule has 2 aromatic rings. The van der Waals surface area contributed by atoms with Crippen molar-refractivity contribution in [3.8, 4) is 0 Å². The molecular weight excluding hydrogens is 315 g/mol. The Balaban J connectivity index is 1.68. The number of carbonyl (C=O) groups is 1. The smallest absolute Gasteiger partial charge is 0.264 e. The highest BCUT2D eigenvalue weighted by molar-refractivity contribution is 7.20. The molecule has 6 heteroatoms. The number of fused-ring (bicyclic) bond motifs is 1. The van der Waals surface area contributed by atoms with Crippen LogP contribution in [0.25, 0.3) is 10.1 Å². The van der Waals surface area contributed by atoms with Gasteiger partial charge in [0.15, 0.2) is 0 Å². The van der Waals surface area contributed by atoms with Gasteiger partial charge in [-0.15, -0.1) is 11.3 Å². The lowest BCUT2D eigenvalue weighted by Gasteiger charge is -2.37. The fourth-order valence-electron chi connectivity index (χ4n) is 2.94. The summed E-state index contributed by atoms with van der Waals surface area (Å²) in [6, 6.07) is 6.57. The van der Waals surface area contributed by atoms with Crippen molar-refractivity contribution in [2.75, 3.05) is 32.7 Å². The zero-order chi connectivity index (χ0) is 16.6. The van der Waals surface area contributed by atoms with E-state index >= 15 is 0 Å². The lowest BCUT2D eigenvalue weighted by atomic mass is 10.1. The summed E-state index contributed by atoms with van der Waals surface area (Å²) in [7, 11) is 0. The van der Waals surface area contributed by atoms with Crippen molar-refractivity contribution in [1.29, 1.82) is 0 Å². The highest BCUT2D eigenvalue weighted by atomic mass is 32.1. The molecule has 0 radical (unpaired) electrons. The Morgan fingerprint density at radius 1 is 1.30 bits per heavy atom. The second-order valence-corrected chi connectivity index (χ2v) is 7.73. The molecule has 1 saturated heterocycles. The van der Waals surface area contributed by atoms with Crippen LogP contribution in [0.5, 0.6) is 0 Å². The van der Waals surface area contributed by atoms with Gasteiger partial charge in [0.25, 0.3) is 5.91 Å². The van der Waals surface area contributed by atoms with Crippen molar-refractivity contribution < 1.29 is 14.3 Å². The lowest BCUT2D eigenvalue weighted by Crippen LogP contribution is -2.51. The quantitative estimate of drug-likeness (QED) is 0.937. The number of carbonyl (C=O) groups excluding carboxylic acids is 1. The van der Waals surface area contributed by atoms with E-state index < -0.39 is 5.60 Å². The Kier molecular flexibility index (Phi) is 4.40. The highest BCUT2D eigenvalue weighted by Gasteiger charge is 2.26. The molecule has 0 unspecified atom stereocenters. The predicted molar refractivity (Wildman–Crippen MR) is 90.4 cm³/mol. The summed E-state index contributed by atoms with van der Waals surface area (Å²) in [6.45, 7) is 6.93. The first kappa shape index (κ1) is 16.4. The molecule has 1 aliphatic rings. The third-order valence-electron chi connectivity index (χ3n) is 3.99. The molecule has 1 N–H and O–H groups in total. The molecule has 1 aromatic heterocycles. The molecule has 1 amide bonds. The molecule has 0 saturated carbocycles. The van der Waals surface area contributed by atoms with Gasteiger partial charge < -0.3 is 10.0 Å². The standard InChI is InChI=1S/C17H21FN2O2S/c1-17(2,22)11-19-6-8-20(9-7-19)16(21)15-10-12-13(18)4-3-5-14(12)23-15/h3-5,10,22H,6-9,11H2,1-2H3. The third-order valence-corrected chi connectivity index (χ3v) is 5.08. The maximum Gasteiger partial charge on any atom is 0.264 e. The second kappa shape index (κ2) is 6.19. The molecule has 4 nitrogen and oxygen atoms in total. The maximum atomic E-state index is 13.8. The van der Waals surface area contributed by atoms with Crippen LogP contribution in [-0.2, 0) is 0 Å². The number of piperazine rings is 1. The molecule has 1 aromatic carbocycles. The van der Waals surface area contributed by atoms with E-state index in [-0.39, 0.29) is 11.7 Å². The van der Waals surface area contributed by atoms with Gasteiger partial charge in [-0.3, -0.25) is 9.69 Å². The van der Waals surface area contributed by atoms with Gasteiger partial charge in [0.05, 0.1) is 10.5 Å². The summed E-state index contributed by atoms with van der Waals surface area (Å²) < 4.78 is 14.6. The van der Waals surface area contributed by atoms with Gasteiger partial charge in [0, 0.05) is 42.8 Å². The topological polar surface area (TPSA) is 43.8 Å². The van der Waals surface area contributed by atoms with Crippen LogP contribution in [0.1, 0.15) is 23.5 Å². The van der Waals surface area contributed by atoms with E-state index in [0.29, 0.717) is 29.9 Å². The van der Waals surface area contributed by atoms with Crippen molar-refractivity contribution in [2.24, 2.45) is 0 Å². The van der Waals surface area contributed by atoms with E-state index in [0.717, 1.165) is 17.8 Å². The molecule has 0 aliphatic carbocycles. The van der Waals surface area contributed by atoms with Crippen LogP contribution in [-0.4, -0.2) is 59.1 Å². The average molecular weight is 336 g/mol. The fourth-order valence-corrected chi connectivity index (χ4v) is 3.99. The number of hydrogen-bond acceptors (Lipinski definition) is 4. The molecule has 0 atom stereocenters. The van der Waals surface area contributed by atoms with Crippen LogP contribution in [0.3, 0.4) is 0 Å². The summed E-state index contributed by atoms with van der Waals surface area (Å²) >= 11 is 1.34. The van der Waals surface area contributed by atoms with Gasteiger partial charge in [-0.2, -0.15) is 0 Å². The minimum absolute atomic E-state index is 0.0338. The Labute approximate surface area is 139 Å². The number of rotatable bonds is 3. The minimum Gasteiger partial charge on any atom is -0.389 e. The Hall–Kier alpha value is -1.50. The van der Waals surface area contributed by atoms with Crippen molar-refractivity contribution >= 4 is 27.3 Å². The van der Waals surface area contributed by atoms with Crippen LogP contribution >= 0.6 is 11.3 Å². The average Bonchev–Trinajstić information content (AvgIpc) is 2.91. The Bertz CT molecular complexity index is 715. The second-order valence-electron chi connectivity index (χ2n) is 6.64. The lowest BCUT2D eigenvalue weighted by molar-refractivity contribution is 0.0179. The van der Waals surface area contributed by atoms with Crippen LogP contribution in [0.4, 0.5) is 4.39 Å². The normalized spacial score (nSPS) is 17.0. The first-order chi connectivity index (χ1) is 10.8. The van der Waals surface area contributed by atoms with Gasteiger partial charge in [-0.1, -0.05) is 6.07 Å². The molecule has 23 heavy (non-hydrogen) atoms.